The number of allylic oxidation sites excluding steroid dienone is 1. The summed E-state index contributed by atoms with van der Waals surface area (Å²) in [6, 6.07) is 0. The molecule has 0 N–H and O–H groups in total. The average Bonchev–Trinajstić information content (AvgIpc) is 2.59. The summed E-state index contributed by atoms with van der Waals surface area (Å²) in [7, 11) is 0. The van der Waals surface area contributed by atoms with Gasteiger partial charge in [-0.15, -0.1) is 0 Å². The molecule has 1 aliphatic rings. The van der Waals surface area contributed by atoms with E-state index in [4.69, 9.17) is 0 Å². The van der Waals surface area contributed by atoms with E-state index >= 15 is 0 Å². The topological polar surface area (TPSA) is 44.8 Å². The van der Waals surface area contributed by atoms with E-state index in [0.29, 0.717) is 0 Å². The summed E-state index contributed by atoms with van der Waals surface area (Å²) in [6.45, 7) is -2.81. The van der Waals surface area contributed by atoms with Crippen LogP contribution >= 0.6 is 0 Å². The van der Waals surface area contributed by atoms with Gasteiger partial charge in [-0.25, -0.2) is 9.18 Å². The van der Waals surface area contributed by atoms with Crippen LogP contribution in [0.3, 0.4) is 0 Å². The number of ether oxygens (including phenoxy) is 3. The van der Waals surface area contributed by atoms with Crippen LogP contribution in [0, 0.1) is 0 Å². The number of cyclic esters (lactones) is 2. The van der Waals surface area contributed by atoms with Crippen LogP contribution in [-0.2, 0) is 14.2 Å². The van der Waals surface area contributed by atoms with Crippen LogP contribution in [0.25, 0.3) is 0 Å². The van der Waals surface area contributed by atoms with Gasteiger partial charge in [0, 0.05) is 0 Å². The predicted molar refractivity (Wildman–Crippen MR) is 42.4 cm³/mol. The maximum Gasteiger partial charge on any atom is 0.511 e. The van der Waals surface area contributed by atoms with Gasteiger partial charge in [-0.2, -0.15) is 26.3 Å². The van der Waals surface area contributed by atoms with Crippen LogP contribution in [-0.4, -0.2) is 37.5 Å². The lowest BCUT2D eigenvalue weighted by molar-refractivity contribution is -0.346. The third-order valence-corrected chi connectivity index (χ3v) is 1.91. The molecule has 0 amide bonds. The van der Waals surface area contributed by atoms with Gasteiger partial charge in [-0.1, -0.05) is 0 Å². The number of alkyl halides is 6. The van der Waals surface area contributed by atoms with Gasteiger partial charge in [0.1, 0.15) is 0 Å². The molecule has 0 bridgehead atoms. The summed E-state index contributed by atoms with van der Waals surface area (Å²) >= 11 is 0. The van der Waals surface area contributed by atoms with Crippen LogP contribution in [0.15, 0.2) is 11.9 Å². The van der Waals surface area contributed by atoms with Gasteiger partial charge >= 0.3 is 24.3 Å². The second-order valence-electron chi connectivity index (χ2n) is 3.25. The molecule has 0 aromatic heterocycles. The summed E-state index contributed by atoms with van der Waals surface area (Å²) < 4.78 is 96.6. The molecule has 1 rings (SSSR count). The monoisotopic (exact) mass is 298 g/mol. The van der Waals surface area contributed by atoms with Crippen molar-refractivity contribution in [1.82, 2.24) is 0 Å². The van der Waals surface area contributed by atoms with E-state index in [2.05, 4.69) is 14.2 Å². The molecule has 19 heavy (non-hydrogen) atoms. The molecule has 1 heterocycles. The molecule has 0 spiro atoms. The Labute approximate surface area is 100 Å². The molecule has 4 nitrogen and oxygen atoms in total. The molecule has 0 aromatic carbocycles. The van der Waals surface area contributed by atoms with E-state index in [-0.39, 0.29) is 6.08 Å². The molecular formula is C8H5F7O4. The molecule has 0 aromatic rings. The van der Waals surface area contributed by atoms with Crippen LogP contribution in [0.2, 0.25) is 0 Å². The van der Waals surface area contributed by atoms with Crippen LogP contribution in [0.5, 0.6) is 0 Å². The Morgan fingerprint density at radius 1 is 1.32 bits per heavy atom. The molecule has 0 aliphatic carbocycles. The largest absolute Gasteiger partial charge is 0.511 e. The summed E-state index contributed by atoms with van der Waals surface area (Å²) in [5, 5.41) is 0. The van der Waals surface area contributed by atoms with Crippen molar-refractivity contribution in [3.8, 4) is 0 Å². The lowest BCUT2D eigenvalue weighted by Gasteiger charge is -2.26. The molecule has 110 valence electrons. The Balaban J connectivity index is 2.75. The van der Waals surface area contributed by atoms with Crippen molar-refractivity contribution in [2.24, 2.45) is 0 Å². The number of hydrogen-bond donors (Lipinski definition) is 0. The summed E-state index contributed by atoms with van der Waals surface area (Å²) in [6.07, 6.45) is -12.5. The van der Waals surface area contributed by atoms with Crippen LogP contribution in [0.1, 0.15) is 0 Å². The molecule has 1 aliphatic heterocycles. The normalized spacial score (nSPS) is 25.2. The minimum Gasteiger partial charge on any atom is -0.427 e. The highest BCUT2D eigenvalue weighted by Gasteiger charge is 2.64. The highest BCUT2D eigenvalue weighted by Crippen LogP contribution is 2.39. The Morgan fingerprint density at radius 3 is 2.26 bits per heavy atom. The molecule has 0 saturated carbocycles. The quantitative estimate of drug-likeness (QED) is 0.593. The Hall–Kier alpha value is -1.52. The van der Waals surface area contributed by atoms with Gasteiger partial charge in [0.2, 0.25) is 5.83 Å². The first-order valence-electron chi connectivity index (χ1n) is 4.47. The fourth-order valence-electron chi connectivity index (χ4n) is 1.01. The van der Waals surface area contributed by atoms with Gasteiger partial charge < -0.3 is 14.2 Å². The number of carbonyl (C=O) groups excluding carboxylic acids is 1. The van der Waals surface area contributed by atoms with E-state index < -0.39 is 43.3 Å². The second kappa shape index (κ2) is 4.87. The molecule has 11 heteroatoms. The van der Waals surface area contributed by atoms with Crippen molar-refractivity contribution in [3.63, 3.8) is 0 Å². The van der Waals surface area contributed by atoms with Crippen molar-refractivity contribution in [3.05, 3.63) is 11.9 Å². The summed E-state index contributed by atoms with van der Waals surface area (Å²) in [5.74, 6) is -6.16. The average molecular weight is 298 g/mol. The molecule has 0 radical (unpaired) electrons. The lowest BCUT2D eigenvalue weighted by atomic mass is 10.3. The third-order valence-electron chi connectivity index (χ3n) is 1.91. The Morgan fingerprint density at radius 2 is 1.89 bits per heavy atom. The highest BCUT2D eigenvalue weighted by atomic mass is 19.4. The fraction of sp³-hybridized carbons (Fsp3) is 0.625. The Kier molecular flexibility index (Phi) is 3.98. The number of rotatable bonds is 3. The van der Waals surface area contributed by atoms with E-state index in [1.165, 1.54) is 0 Å². The summed E-state index contributed by atoms with van der Waals surface area (Å²) in [5.41, 5.74) is 0. The second-order valence-corrected chi connectivity index (χ2v) is 3.25. The first-order valence-corrected chi connectivity index (χ1v) is 4.47. The predicted octanol–water partition coefficient (Wildman–Crippen LogP) is 2.84. The Bertz CT molecular complexity index is 386. The fourth-order valence-corrected chi connectivity index (χ4v) is 1.01. The molecule has 1 fully saturated rings. The van der Waals surface area contributed by atoms with Crippen molar-refractivity contribution < 1.29 is 49.7 Å². The van der Waals surface area contributed by atoms with E-state index in [1.54, 1.807) is 0 Å². The first kappa shape index (κ1) is 15.5. The number of hydrogen-bond acceptors (Lipinski definition) is 4. The van der Waals surface area contributed by atoms with Gasteiger partial charge in [-0.3, -0.25) is 0 Å². The maximum absolute atomic E-state index is 12.5. The van der Waals surface area contributed by atoms with Crippen molar-refractivity contribution >= 4 is 6.16 Å². The minimum atomic E-state index is -5.34. The zero-order chi connectivity index (χ0) is 14.9. The standard InChI is InChI=1S/C8H5F7O4/c9-4(7(10,11)12)1-2-18-6(8(13,14)15)3-17-5(16)19-6/h1H,2-3H2/b4-1+. The molecule has 1 unspecified atom stereocenters. The molecule has 1 saturated heterocycles. The van der Waals surface area contributed by atoms with Gasteiger partial charge in [0.25, 0.3) is 0 Å². The molecule has 1 atom stereocenters. The van der Waals surface area contributed by atoms with E-state index in [9.17, 15) is 35.5 Å². The highest BCUT2D eigenvalue weighted by molar-refractivity contribution is 5.62. The smallest absolute Gasteiger partial charge is 0.427 e. The maximum atomic E-state index is 12.5. The van der Waals surface area contributed by atoms with Gasteiger partial charge in [0.05, 0.1) is 6.61 Å². The SMILES string of the molecule is O=C1OCC(OC/C=C(/F)C(F)(F)F)(C(F)(F)F)O1. The summed E-state index contributed by atoms with van der Waals surface area (Å²) in [4.78, 5) is 10.5. The molecular weight excluding hydrogens is 293 g/mol. The van der Waals surface area contributed by atoms with Crippen molar-refractivity contribution in [2.75, 3.05) is 13.2 Å². The van der Waals surface area contributed by atoms with Crippen LogP contribution < -0.4 is 0 Å². The minimum absolute atomic E-state index is 0.264. The first-order chi connectivity index (χ1) is 8.48. The number of carbonyl (C=O) groups is 1. The zero-order valence-electron chi connectivity index (χ0n) is 8.77. The van der Waals surface area contributed by atoms with E-state index in [1.807, 2.05) is 0 Å². The third kappa shape index (κ3) is 3.49. The number of halogens is 7. The van der Waals surface area contributed by atoms with Crippen molar-refractivity contribution in [1.29, 1.82) is 0 Å². The van der Waals surface area contributed by atoms with Crippen molar-refractivity contribution in [2.45, 2.75) is 18.1 Å². The van der Waals surface area contributed by atoms with Crippen LogP contribution in [0.4, 0.5) is 35.5 Å². The van der Waals surface area contributed by atoms with Gasteiger partial charge in [0.15, 0.2) is 6.61 Å². The zero-order valence-corrected chi connectivity index (χ0v) is 8.77. The van der Waals surface area contributed by atoms with Gasteiger partial charge in [-0.05, 0) is 6.08 Å². The lowest BCUT2D eigenvalue weighted by Crippen LogP contribution is -2.50. The van der Waals surface area contributed by atoms with E-state index in [0.717, 1.165) is 0 Å².